The first-order chi connectivity index (χ1) is 15.5. The zero-order chi connectivity index (χ0) is 22.5. The number of rotatable bonds is 5. The van der Waals surface area contributed by atoms with Gasteiger partial charge in [-0.05, 0) is 43.2 Å². The number of benzene rings is 1. The van der Waals surface area contributed by atoms with Gasteiger partial charge < -0.3 is 9.80 Å². The van der Waals surface area contributed by atoms with E-state index in [-0.39, 0.29) is 17.7 Å². The van der Waals surface area contributed by atoms with Gasteiger partial charge in [0.25, 0.3) is 0 Å². The van der Waals surface area contributed by atoms with Crippen LogP contribution in [0.3, 0.4) is 0 Å². The molecule has 0 unspecified atom stereocenters. The monoisotopic (exact) mass is 429 g/mol. The van der Waals surface area contributed by atoms with Gasteiger partial charge in [-0.2, -0.15) is 5.10 Å². The lowest BCUT2D eigenvalue weighted by molar-refractivity contribution is -0.137. The lowest BCUT2D eigenvalue weighted by Crippen LogP contribution is -2.42. The van der Waals surface area contributed by atoms with Crippen molar-refractivity contribution in [1.29, 1.82) is 0 Å². The van der Waals surface area contributed by atoms with E-state index in [1.165, 1.54) is 0 Å². The number of carbonyl (C=O) groups is 2. The molecule has 0 radical (unpaired) electrons. The molecule has 164 valence electrons. The molecule has 2 aromatic heterocycles. The van der Waals surface area contributed by atoms with E-state index in [9.17, 15) is 9.59 Å². The molecule has 0 saturated carbocycles. The summed E-state index contributed by atoms with van der Waals surface area (Å²) in [7, 11) is 3.55. The maximum atomic E-state index is 12.8. The van der Waals surface area contributed by atoms with E-state index in [4.69, 9.17) is 5.10 Å². The molecule has 0 bridgehead atoms. The summed E-state index contributed by atoms with van der Waals surface area (Å²) < 4.78 is 1.81. The van der Waals surface area contributed by atoms with E-state index in [1.807, 2.05) is 59.4 Å². The van der Waals surface area contributed by atoms with E-state index in [0.717, 1.165) is 22.5 Å². The maximum Gasteiger partial charge on any atom is 0.246 e. The summed E-state index contributed by atoms with van der Waals surface area (Å²) >= 11 is 0. The zero-order valence-corrected chi connectivity index (χ0v) is 18.4. The summed E-state index contributed by atoms with van der Waals surface area (Å²) in [6, 6.07) is 13.7. The van der Waals surface area contributed by atoms with Crippen LogP contribution in [0.25, 0.3) is 23.0 Å². The highest BCUT2D eigenvalue weighted by Crippen LogP contribution is 2.25. The first kappa shape index (κ1) is 21.5. The Morgan fingerprint density at radius 1 is 1.06 bits per heavy atom. The molecule has 1 fully saturated rings. The molecule has 0 atom stereocenters. The summed E-state index contributed by atoms with van der Waals surface area (Å²) in [5.41, 5.74) is 3.43. The SMILES string of the molecule is CN(C)C(=O)C1CCN(C(=O)/C=C/c2cn(-c3ccccc3)nc2-c2cccnc2)CC1. The van der Waals surface area contributed by atoms with Crippen LogP contribution in [0.1, 0.15) is 18.4 Å². The van der Waals surface area contributed by atoms with Crippen molar-refractivity contribution in [3.8, 4) is 16.9 Å². The lowest BCUT2D eigenvalue weighted by Gasteiger charge is -2.31. The quantitative estimate of drug-likeness (QED) is 0.584. The van der Waals surface area contributed by atoms with Crippen LogP contribution >= 0.6 is 0 Å². The van der Waals surface area contributed by atoms with Gasteiger partial charge in [-0.15, -0.1) is 0 Å². The second-order valence-electron chi connectivity index (χ2n) is 8.12. The van der Waals surface area contributed by atoms with E-state index < -0.39 is 0 Å². The Morgan fingerprint density at radius 2 is 1.81 bits per heavy atom. The summed E-state index contributed by atoms with van der Waals surface area (Å²) in [5.74, 6) is 0.0896. The van der Waals surface area contributed by atoms with Crippen molar-refractivity contribution < 1.29 is 9.59 Å². The second kappa shape index (κ2) is 9.60. The number of carbonyl (C=O) groups excluding carboxylic acids is 2. The number of para-hydroxylation sites is 1. The van der Waals surface area contributed by atoms with Gasteiger partial charge in [-0.25, -0.2) is 4.68 Å². The fourth-order valence-electron chi connectivity index (χ4n) is 3.93. The van der Waals surface area contributed by atoms with Crippen molar-refractivity contribution in [1.82, 2.24) is 24.6 Å². The Balaban J connectivity index is 1.52. The fourth-order valence-corrected chi connectivity index (χ4v) is 3.93. The minimum absolute atomic E-state index is 0.000632. The Kier molecular flexibility index (Phi) is 6.44. The molecule has 1 saturated heterocycles. The maximum absolute atomic E-state index is 12.8. The van der Waals surface area contributed by atoms with Crippen LogP contribution in [-0.4, -0.2) is 63.6 Å². The molecule has 0 spiro atoms. The highest BCUT2D eigenvalue weighted by Gasteiger charge is 2.27. The molecule has 32 heavy (non-hydrogen) atoms. The largest absolute Gasteiger partial charge is 0.349 e. The lowest BCUT2D eigenvalue weighted by atomic mass is 9.95. The molecule has 2 amide bonds. The Labute approximate surface area is 188 Å². The van der Waals surface area contributed by atoms with Crippen LogP contribution in [-0.2, 0) is 9.59 Å². The van der Waals surface area contributed by atoms with Crippen LogP contribution in [0, 0.1) is 5.92 Å². The van der Waals surface area contributed by atoms with E-state index >= 15 is 0 Å². The molecule has 7 nitrogen and oxygen atoms in total. The summed E-state index contributed by atoms with van der Waals surface area (Å²) in [6.07, 6.45) is 10.2. The number of aromatic nitrogens is 3. The van der Waals surface area contributed by atoms with Crippen molar-refractivity contribution in [2.75, 3.05) is 27.2 Å². The number of amides is 2. The van der Waals surface area contributed by atoms with E-state index in [0.29, 0.717) is 25.9 Å². The van der Waals surface area contributed by atoms with Gasteiger partial charge in [0.05, 0.1) is 5.69 Å². The Bertz CT molecular complexity index is 1100. The van der Waals surface area contributed by atoms with Gasteiger partial charge in [0.1, 0.15) is 5.69 Å². The second-order valence-corrected chi connectivity index (χ2v) is 8.12. The van der Waals surface area contributed by atoms with Crippen LogP contribution in [0.5, 0.6) is 0 Å². The average Bonchev–Trinajstić information content (AvgIpc) is 3.27. The van der Waals surface area contributed by atoms with Crippen LogP contribution in [0.2, 0.25) is 0 Å². The molecule has 3 aromatic rings. The molecule has 1 aromatic carbocycles. The predicted octanol–water partition coefficient (Wildman–Crippen LogP) is 3.27. The number of hydrogen-bond acceptors (Lipinski definition) is 4. The molecule has 1 aliphatic rings. The third-order valence-electron chi connectivity index (χ3n) is 5.70. The summed E-state index contributed by atoms with van der Waals surface area (Å²) in [4.78, 5) is 32.6. The van der Waals surface area contributed by atoms with Crippen molar-refractivity contribution >= 4 is 17.9 Å². The summed E-state index contributed by atoms with van der Waals surface area (Å²) in [5, 5.41) is 4.75. The highest BCUT2D eigenvalue weighted by atomic mass is 16.2. The van der Waals surface area contributed by atoms with Gasteiger partial charge in [0.15, 0.2) is 0 Å². The number of hydrogen-bond donors (Lipinski definition) is 0. The van der Waals surface area contributed by atoms with Crippen molar-refractivity contribution in [2.24, 2.45) is 5.92 Å². The van der Waals surface area contributed by atoms with Gasteiger partial charge in [0, 0.05) is 68.9 Å². The van der Waals surface area contributed by atoms with Crippen LogP contribution < -0.4 is 0 Å². The number of likely N-dealkylation sites (tertiary alicyclic amines) is 1. The van der Waals surface area contributed by atoms with Gasteiger partial charge >= 0.3 is 0 Å². The number of pyridine rings is 1. The molecule has 1 aliphatic heterocycles. The number of piperidine rings is 1. The third-order valence-corrected chi connectivity index (χ3v) is 5.70. The molecular formula is C25H27N5O2. The fraction of sp³-hybridized carbons (Fsp3) is 0.280. The minimum atomic E-state index is -0.0506. The van der Waals surface area contributed by atoms with Crippen molar-refractivity contribution in [3.63, 3.8) is 0 Å². The molecule has 3 heterocycles. The first-order valence-corrected chi connectivity index (χ1v) is 10.8. The van der Waals surface area contributed by atoms with Crippen LogP contribution in [0.15, 0.2) is 67.1 Å². The third kappa shape index (κ3) is 4.77. The van der Waals surface area contributed by atoms with Crippen LogP contribution in [0.4, 0.5) is 0 Å². The normalized spacial score (nSPS) is 14.6. The molecule has 0 N–H and O–H groups in total. The molecular weight excluding hydrogens is 402 g/mol. The first-order valence-electron chi connectivity index (χ1n) is 10.8. The number of nitrogens with zero attached hydrogens (tertiary/aromatic N) is 5. The minimum Gasteiger partial charge on any atom is -0.349 e. The van der Waals surface area contributed by atoms with E-state index in [2.05, 4.69) is 4.98 Å². The smallest absolute Gasteiger partial charge is 0.246 e. The van der Waals surface area contributed by atoms with E-state index in [1.54, 1.807) is 42.4 Å². The van der Waals surface area contributed by atoms with Crippen molar-refractivity contribution in [2.45, 2.75) is 12.8 Å². The average molecular weight is 430 g/mol. The zero-order valence-electron chi connectivity index (χ0n) is 18.4. The van der Waals surface area contributed by atoms with Gasteiger partial charge in [-0.3, -0.25) is 14.6 Å². The topological polar surface area (TPSA) is 71.3 Å². The molecule has 7 heteroatoms. The molecule has 4 rings (SSSR count). The van der Waals surface area contributed by atoms with Crippen molar-refractivity contribution in [3.05, 3.63) is 72.7 Å². The molecule has 0 aliphatic carbocycles. The Hall–Kier alpha value is -3.74. The standard InChI is InChI=1S/C25H27N5O2/c1-28(2)25(32)19-12-15-29(16-13-19)23(31)11-10-21-18-30(22-8-4-3-5-9-22)27-24(21)20-7-6-14-26-17-20/h3-11,14,17-19H,12-13,15-16H2,1-2H3/b11-10+. The van der Waals surface area contributed by atoms with Gasteiger partial charge in [-0.1, -0.05) is 18.2 Å². The predicted molar refractivity (Wildman–Crippen MR) is 124 cm³/mol. The highest BCUT2D eigenvalue weighted by molar-refractivity contribution is 5.93. The Morgan fingerprint density at radius 3 is 2.47 bits per heavy atom. The summed E-state index contributed by atoms with van der Waals surface area (Å²) in [6.45, 7) is 1.18. The van der Waals surface area contributed by atoms with Gasteiger partial charge in [0.2, 0.25) is 11.8 Å².